The predicted octanol–water partition coefficient (Wildman–Crippen LogP) is 2.94. The Morgan fingerprint density at radius 3 is 2.53 bits per heavy atom. The van der Waals surface area contributed by atoms with Gasteiger partial charge < -0.3 is 4.90 Å². The fourth-order valence-corrected chi connectivity index (χ4v) is 2.20. The number of likely N-dealkylation sites (tertiary alicyclic amines) is 1. The highest BCUT2D eigenvalue weighted by Crippen LogP contribution is 2.28. The van der Waals surface area contributed by atoms with E-state index in [0.29, 0.717) is 5.92 Å². The van der Waals surface area contributed by atoms with Gasteiger partial charge in [0.1, 0.15) is 5.82 Å². The number of aryl methyl sites for hydroxylation is 1. The first kappa shape index (κ1) is 10.6. The molecule has 1 heterocycles. The van der Waals surface area contributed by atoms with Crippen molar-refractivity contribution >= 4 is 0 Å². The molecule has 1 aliphatic rings. The number of halogens is 1. The van der Waals surface area contributed by atoms with Crippen LogP contribution in [0.25, 0.3) is 0 Å². The highest BCUT2D eigenvalue weighted by atomic mass is 19.1. The van der Waals surface area contributed by atoms with Crippen LogP contribution in [0.2, 0.25) is 0 Å². The van der Waals surface area contributed by atoms with E-state index in [-0.39, 0.29) is 5.82 Å². The van der Waals surface area contributed by atoms with Crippen LogP contribution in [0.4, 0.5) is 4.39 Å². The highest BCUT2D eigenvalue weighted by Gasteiger charge is 2.18. The minimum absolute atomic E-state index is 0.0635. The lowest BCUT2D eigenvalue weighted by Gasteiger charge is -2.29. The molecule has 1 aromatic carbocycles. The van der Waals surface area contributed by atoms with Gasteiger partial charge in [0.25, 0.3) is 0 Å². The molecule has 1 nitrogen and oxygen atoms in total. The molecule has 0 atom stereocenters. The first-order valence-electron chi connectivity index (χ1n) is 5.61. The van der Waals surface area contributed by atoms with E-state index >= 15 is 0 Å². The first-order valence-corrected chi connectivity index (χ1v) is 5.61. The van der Waals surface area contributed by atoms with E-state index in [9.17, 15) is 4.39 Å². The Bertz CT molecular complexity index is 340. The van der Waals surface area contributed by atoms with Gasteiger partial charge in [0, 0.05) is 0 Å². The van der Waals surface area contributed by atoms with E-state index in [1.807, 2.05) is 13.0 Å². The van der Waals surface area contributed by atoms with E-state index in [1.54, 1.807) is 6.07 Å². The molecular formula is C13H18FN. The summed E-state index contributed by atoms with van der Waals surface area (Å²) in [5.74, 6) is 0.489. The van der Waals surface area contributed by atoms with Gasteiger partial charge >= 0.3 is 0 Å². The van der Waals surface area contributed by atoms with Crippen LogP contribution in [-0.2, 0) is 0 Å². The number of benzene rings is 1. The van der Waals surface area contributed by atoms with Crippen LogP contribution >= 0.6 is 0 Å². The molecule has 0 aliphatic carbocycles. The molecule has 0 unspecified atom stereocenters. The van der Waals surface area contributed by atoms with Crippen molar-refractivity contribution in [3.63, 3.8) is 0 Å². The van der Waals surface area contributed by atoms with E-state index < -0.39 is 0 Å². The molecule has 0 radical (unpaired) electrons. The third-order valence-corrected chi connectivity index (χ3v) is 3.39. The maximum absolute atomic E-state index is 13.4. The first-order chi connectivity index (χ1) is 7.16. The van der Waals surface area contributed by atoms with Crippen LogP contribution in [0.5, 0.6) is 0 Å². The van der Waals surface area contributed by atoms with Crippen LogP contribution in [0.1, 0.15) is 29.9 Å². The van der Waals surface area contributed by atoms with E-state index in [2.05, 4.69) is 18.0 Å². The fourth-order valence-electron chi connectivity index (χ4n) is 2.20. The summed E-state index contributed by atoms with van der Waals surface area (Å²) in [5.41, 5.74) is 1.91. The second-order valence-corrected chi connectivity index (χ2v) is 4.59. The Hall–Kier alpha value is -0.890. The predicted molar refractivity (Wildman–Crippen MR) is 60.6 cm³/mol. The monoisotopic (exact) mass is 207 g/mol. The van der Waals surface area contributed by atoms with Gasteiger partial charge in [-0.3, -0.25) is 0 Å². The van der Waals surface area contributed by atoms with Gasteiger partial charge in [-0.2, -0.15) is 0 Å². The summed E-state index contributed by atoms with van der Waals surface area (Å²) in [6.07, 6.45) is 2.30. The summed E-state index contributed by atoms with van der Waals surface area (Å²) in [6, 6.07) is 5.68. The molecule has 0 spiro atoms. The standard InChI is InChI=1S/C13H18FN/c1-10-3-4-12(9-13(10)14)11-5-7-15(2)8-6-11/h3-4,9,11H,5-8H2,1-2H3. The van der Waals surface area contributed by atoms with Crippen LogP contribution in [0.15, 0.2) is 18.2 Å². The summed E-state index contributed by atoms with van der Waals surface area (Å²) in [7, 11) is 2.14. The summed E-state index contributed by atoms with van der Waals surface area (Å²) < 4.78 is 13.4. The second kappa shape index (κ2) is 4.31. The van der Waals surface area contributed by atoms with Crippen molar-refractivity contribution < 1.29 is 4.39 Å². The molecule has 0 bridgehead atoms. The lowest BCUT2D eigenvalue weighted by molar-refractivity contribution is 0.255. The minimum atomic E-state index is -0.0635. The molecule has 0 N–H and O–H groups in total. The molecule has 0 saturated carbocycles. The molecule has 82 valence electrons. The minimum Gasteiger partial charge on any atom is -0.306 e. The van der Waals surface area contributed by atoms with Crippen molar-refractivity contribution in [3.8, 4) is 0 Å². The number of rotatable bonds is 1. The van der Waals surface area contributed by atoms with E-state index in [0.717, 1.165) is 31.5 Å². The number of hydrogen-bond acceptors (Lipinski definition) is 1. The van der Waals surface area contributed by atoms with Gasteiger partial charge in [0.2, 0.25) is 0 Å². The van der Waals surface area contributed by atoms with Gasteiger partial charge in [-0.1, -0.05) is 12.1 Å². The van der Waals surface area contributed by atoms with Gasteiger partial charge in [-0.15, -0.1) is 0 Å². The molecule has 1 aliphatic heterocycles. The fraction of sp³-hybridized carbons (Fsp3) is 0.538. The largest absolute Gasteiger partial charge is 0.306 e. The smallest absolute Gasteiger partial charge is 0.126 e. The Kier molecular flexibility index (Phi) is 3.06. The normalized spacial score (nSPS) is 19.4. The van der Waals surface area contributed by atoms with Gasteiger partial charge in [-0.25, -0.2) is 4.39 Å². The SMILES string of the molecule is Cc1ccc(C2CCN(C)CC2)cc1F. The average molecular weight is 207 g/mol. The van der Waals surface area contributed by atoms with Crippen molar-refractivity contribution in [1.29, 1.82) is 0 Å². The zero-order valence-electron chi connectivity index (χ0n) is 9.46. The molecule has 2 heteroatoms. The van der Waals surface area contributed by atoms with Crippen molar-refractivity contribution in [1.82, 2.24) is 4.90 Å². The summed E-state index contributed by atoms with van der Waals surface area (Å²) in [5, 5.41) is 0. The Morgan fingerprint density at radius 1 is 1.27 bits per heavy atom. The zero-order valence-corrected chi connectivity index (χ0v) is 9.46. The Morgan fingerprint density at radius 2 is 1.93 bits per heavy atom. The van der Waals surface area contributed by atoms with Crippen molar-refractivity contribution in [2.75, 3.05) is 20.1 Å². The number of hydrogen-bond donors (Lipinski definition) is 0. The molecule has 1 aromatic rings. The highest BCUT2D eigenvalue weighted by molar-refractivity contribution is 5.26. The van der Waals surface area contributed by atoms with Crippen molar-refractivity contribution in [2.45, 2.75) is 25.7 Å². The van der Waals surface area contributed by atoms with Crippen molar-refractivity contribution in [3.05, 3.63) is 35.1 Å². The molecule has 0 aromatic heterocycles. The Labute approximate surface area is 90.9 Å². The van der Waals surface area contributed by atoms with Crippen LogP contribution in [-0.4, -0.2) is 25.0 Å². The maximum atomic E-state index is 13.4. The summed E-state index contributed by atoms with van der Waals surface area (Å²) in [6.45, 7) is 4.06. The molecule has 2 rings (SSSR count). The van der Waals surface area contributed by atoms with Crippen molar-refractivity contribution in [2.24, 2.45) is 0 Å². The number of piperidine rings is 1. The third-order valence-electron chi connectivity index (χ3n) is 3.39. The molecular weight excluding hydrogens is 189 g/mol. The topological polar surface area (TPSA) is 3.24 Å². The molecule has 1 saturated heterocycles. The maximum Gasteiger partial charge on any atom is 0.126 e. The van der Waals surface area contributed by atoms with Gasteiger partial charge in [0.05, 0.1) is 0 Å². The van der Waals surface area contributed by atoms with E-state index in [1.165, 1.54) is 5.56 Å². The van der Waals surface area contributed by atoms with E-state index in [4.69, 9.17) is 0 Å². The zero-order chi connectivity index (χ0) is 10.8. The lowest BCUT2D eigenvalue weighted by atomic mass is 9.89. The van der Waals surface area contributed by atoms with Crippen LogP contribution < -0.4 is 0 Å². The van der Waals surface area contributed by atoms with Crippen LogP contribution in [0.3, 0.4) is 0 Å². The van der Waals surface area contributed by atoms with Gasteiger partial charge in [-0.05, 0) is 63.0 Å². The molecule has 15 heavy (non-hydrogen) atoms. The average Bonchev–Trinajstić information content (AvgIpc) is 2.23. The Balaban J connectivity index is 2.12. The van der Waals surface area contributed by atoms with Gasteiger partial charge in [0.15, 0.2) is 0 Å². The quantitative estimate of drug-likeness (QED) is 0.684. The number of nitrogens with zero attached hydrogens (tertiary/aromatic N) is 1. The van der Waals surface area contributed by atoms with Crippen LogP contribution in [0, 0.1) is 12.7 Å². The second-order valence-electron chi connectivity index (χ2n) is 4.59. The summed E-state index contributed by atoms with van der Waals surface area (Å²) in [4.78, 5) is 2.33. The molecule has 1 fully saturated rings. The molecule has 0 amide bonds. The third kappa shape index (κ3) is 2.37. The summed E-state index contributed by atoms with van der Waals surface area (Å²) >= 11 is 0. The lowest BCUT2D eigenvalue weighted by Crippen LogP contribution is -2.29.